The lowest BCUT2D eigenvalue weighted by Gasteiger charge is -2.19. The lowest BCUT2D eigenvalue weighted by molar-refractivity contribution is -0.138. The Morgan fingerprint density at radius 3 is 1.87 bits per heavy atom. The summed E-state index contributed by atoms with van der Waals surface area (Å²) in [7, 11) is 0. The zero-order valence-corrected chi connectivity index (χ0v) is 12.9. The van der Waals surface area contributed by atoms with Crippen molar-refractivity contribution >= 4 is 12.0 Å². The second-order valence-corrected chi connectivity index (χ2v) is 5.29. The van der Waals surface area contributed by atoms with Crippen molar-refractivity contribution < 1.29 is 14.7 Å². The van der Waals surface area contributed by atoms with Crippen LogP contribution in [-0.2, 0) is 4.79 Å². The van der Waals surface area contributed by atoms with Crippen LogP contribution in [-0.4, -0.2) is 29.7 Å². The number of carboxylic acids is 1. The normalized spacial score (nSPS) is 11.7. The summed E-state index contributed by atoms with van der Waals surface area (Å²) in [6.07, 6.45) is 0. The van der Waals surface area contributed by atoms with Crippen molar-refractivity contribution in [1.82, 2.24) is 10.6 Å². The average molecular weight is 312 g/mol. The van der Waals surface area contributed by atoms with Gasteiger partial charge in [0, 0.05) is 12.5 Å². The maximum Gasteiger partial charge on any atom is 0.325 e. The number of carbonyl (C=O) groups excluding carboxylic acids is 1. The molecule has 2 aromatic rings. The topological polar surface area (TPSA) is 78.4 Å². The molecule has 0 radical (unpaired) electrons. The van der Waals surface area contributed by atoms with Crippen LogP contribution in [0.15, 0.2) is 60.7 Å². The number of carbonyl (C=O) groups is 2. The number of hydrogen-bond acceptors (Lipinski definition) is 2. The fraction of sp³-hybridized carbons (Fsp3) is 0.222. The van der Waals surface area contributed by atoms with E-state index in [1.165, 1.54) is 6.92 Å². The first kappa shape index (κ1) is 16.5. The number of aliphatic carboxylic acids is 1. The molecule has 0 saturated heterocycles. The highest BCUT2D eigenvalue weighted by atomic mass is 16.4. The Morgan fingerprint density at radius 2 is 1.43 bits per heavy atom. The van der Waals surface area contributed by atoms with Crippen LogP contribution in [0.25, 0.3) is 0 Å². The first-order valence-electron chi connectivity index (χ1n) is 7.45. The van der Waals surface area contributed by atoms with Gasteiger partial charge in [-0.3, -0.25) is 4.79 Å². The Kier molecular flexibility index (Phi) is 5.74. The lowest BCUT2D eigenvalue weighted by atomic mass is 9.91. The maximum absolute atomic E-state index is 11.8. The van der Waals surface area contributed by atoms with E-state index in [-0.39, 0.29) is 5.92 Å². The van der Waals surface area contributed by atoms with Gasteiger partial charge >= 0.3 is 12.0 Å². The summed E-state index contributed by atoms with van der Waals surface area (Å²) in [4.78, 5) is 22.6. The van der Waals surface area contributed by atoms with Gasteiger partial charge in [-0.1, -0.05) is 60.7 Å². The van der Waals surface area contributed by atoms with Crippen molar-refractivity contribution in [3.05, 3.63) is 71.8 Å². The predicted molar refractivity (Wildman–Crippen MR) is 88.4 cm³/mol. The Hall–Kier alpha value is -2.82. The average Bonchev–Trinajstić information content (AvgIpc) is 2.57. The summed E-state index contributed by atoms with van der Waals surface area (Å²) in [6, 6.07) is 18.3. The summed E-state index contributed by atoms with van der Waals surface area (Å²) >= 11 is 0. The third-order valence-corrected chi connectivity index (χ3v) is 3.59. The number of amides is 2. The number of carboxylic acid groups (broad SMARTS) is 1. The quantitative estimate of drug-likeness (QED) is 0.767. The van der Waals surface area contributed by atoms with Gasteiger partial charge in [0.15, 0.2) is 0 Å². The molecule has 0 aliphatic carbocycles. The molecule has 0 saturated carbocycles. The molecule has 2 rings (SSSR count). The molecule has 0 spiro atoms. The van der Waals surface area contributed by atoms with Crippen LogP contribution < -0.4 is 10.6 Å². The van der Waals surface area contributed by atoms with E-state index in [9.17, 15) is 9.59 Å². The van der Waals surface area contributed by atoms with E-state index in [1.54, 1.807) is 0 Å². The van der Waals surface area contributed by atoms with Gasteiger partial charge in [0.2, 0.25) is 0 Å². The minimum Gasteiger partial charge on any atom is -0.480 e. The molecule has 1 atom stereocenters. The predicted octanol–water partition coefficient (Wildman–Crippen LogP) is 2.59. The molecular formula is C18H20N2O3. The van der Waals surface area contributed by atoms with Gasteiger partial charge in [0.05, 0.1) is 0 Å². The minimum atomic E-state index is -1.07. The fourth-order valence-corrected chi connectivity index (χ4v) is 2.30. The molecular weight excluding hydrogens is 292 g/mol. The van der Waals surface area contributed by atoms with Crippen molar-refractivity contribution in [2.45, 2.75) is 18.9 Å². The van der Waals surface area contributed by atoms with Gasteiger partial charge in [-0.2, -0.15) is 0 Å². The zero-order chi connectivity index (χ0) is 16.7. The number of rotatable bonds is 6. The Bertz CT molecular complexity index is 604. The van der Waals surface area contributed by atoms with E-state index >= 15 is 0 Å². The van der Waals surface area contributed by atoms with Gasteiger partial charge in [-0.05, 0) is 18.1 Å². The summed E-state index contributed by atoms with van der Waals surface area (Å²) < 4.78 is 0. The first-order chi connectivity index (χ1) is 11.1. The first-order valence-corrected chi connectivity index (χ1v) is 7.45. The van der Waals surface area contributed by atoms with Crippen molar-refractivity contribution in [1.29, 1.82) is 0 Å². The highest BCUT2D eigenvalue weighted by molar-refractivity contribution is 5.82. The van der Waals surface area contributed by atoms with Crippen LogP contribution in [0, 0.1) is 0 Å². The number of nitrogens with one attached hydrogen (secondary N) is 2. The fourth-order valence-electron chi connectivity index (χ4n) is 2.30. The Labute approximate surface area is 135 Å². The van der Waals surface area contributed by atoms with Crippen LogP contribution >= 0.6 is 0 Å². The van der Waals surface area contributed by atoms with Crippen LogP contribution in [0.5, 0.6) is 0 Å². The van der Waals surface area contributed by atoms with Crippen molar-refractivity contribution in [3.63, 3.8) is 0 Å². The molecule has 120 valence electrons. The van der Waals surface area contributed by atoms with Crippen molar-refractivity contribution in [3.8, 4) is 0 Å². The molecule has 0 heterocycles. The van der Waals surface area contributed by atoms with Gasteiger partial charge in [0.25, 0.3) is 0 Å². The van der Waals surface area contributed by atoms with E-state index in [4.69, 9.17) is 5.11 Å². The number of urea groups is 1. The molecule has 23 heavy (non-hydrogen) atoms. The number of benzene rings is 2. The summed E-state index contributed by atoms with van der Waals surface area (Å²) in [5.41, 5.74) is 2.18. The molecule has 0 aromatic heterocycles. The van der Waals surface area contributed by atoms with Gasteiger partial charge in [-0.25, -0.2) is 4.79 Å². The Balaban J connectivity index is 2.07. The maximum atomic E-state index is 11.8. The molecule has 0 bridgehead atoms. The van der Waals surface area contributed by atoms with Crippen LogP contribution in [0.4, 0.5) is 4.79 Å². The largest absolute Gasteiger partial charge is 0.480 e. The standard InChI is InChI=1S/C18H20N2O3/c1-13(17(21)22)20-18(23)19-12-16(14-8-4-2-5-9-14)15-10-6-3-7-11-15/h2-11,13,16H,12H2,1H3,(H,21,22)(H2,19,20,23)/t13-/m0/s1. The highest BCUT2D eigenvalue weighted by Crippen LogP contribution is 2.23. The van der Waals surface area contributed by atoms with E-state index < -0.39 is 18.0 Å². The third-order valence-electron chi connectivity index (χ3n) is 3.59. The van der Waals surface area contributed by atoms with Gasteiger partial charge in [0.1, 0.15) is 6.04 Å². The summed E-state index contributed by atoms with van der Waals surface area (Å²) in [5, 5.41) is 14.0. The molecule has 2 amide bonds. The van der Waals surface area contributed by atoms with Crippen molar-refractivity contribution in [2.24, 2.45) is 0 Å². The van der Waals surface area contributed by atoms with Crippen LogP contribution in [0.2, 0.25) is 0 Å². The SMILES string of the molecule is C[C@H](NC(=O)NCC(c1ccccc1)c1ccccc1)C(=O)O. The molecule has 0 aliphatic heterocycles. The van der Waals surface area contributed by atoms with E-state index in [0.29, 0.717) is 6.54 Å². The van der Waals surface area contributed by atoms with E-state index in [0.717, 1.165) is 11.1 Å². The van der Waals surface area contributed by atoms with Gasteiger partial charge < -0.3 is 15.7 Å². The molecule has 3 N–H and O–H groups in total. The molecule has 0 aliphatic rings. The lowest BCUT2D eigenvalue weighted by Crippen LogP contribution is -2.45. The van der Waals surface area contributed by atoms with Crippen molar-refractivity contribution in [2.75, 3.05) is 6.54 Å². The molecule has 0 unspecified atom stereocenters. The summed E-state index contributed by atoms with van der Waals surface area (Å²) in [6.45, 7) is 1.81. The number of hydrogen-bond donors (Lipinski definition) is 3. The van der Waals surface area contributed by atoms with Gasteiger partial charge in [-0.15, -0.1) is 0 Å². The Morgan fingerprint density at radius 1 is 0.957 bits per heavy atom. The second-order valence-electron chi connectivity index (χ2n) is 5.29. The molecule has 5 heteroatoms. The smallest absolute Gasteiger partial charge is 0.325 e. The van der Waals surface area contributed by atoms with E-state index in [1.807, 2.05) is 60.7 Å². The minimum absolute atomic E-state index is 0.00304. The monoisotopic (exact) mass is 312 g/mol. The van der Waals surface area contributed by atoms with Crippen LogP contribution in [0.1, 0.15) is 24.0 Å². The second kappa shape index (κ2) is 7.98. The molecule has 5 nitrogen and oxygen atoms in total. The van der Waals surface area contributed by atoms with Crippen LogP contribution in [0.3, 0.4) is 0 Å². The zero-order valence-electron chi connectivity index (χ0n) is 12.9. The molecule has 0 fully saturated rings. The summed E-state index contributed by atoms with van der Waals surface area (Å²) in [5.74, 6) is -1.06. The third kappa shape index (κ3) is 4.85. The molecule has 2 aromatic carbocycles. The van der Waals surface area contributed by atoms with E-state index in [2.05, 4.69) is 10.6 Å². The highest BCUT2D eigenvalue weighted by Gasteiger charge is 2.17.